The highest BCUT2D eigenvalue weighted by Crippen LogP contribution is 2.20. The van der Waals surface area contributed by atoms with E-state index in [0.29, 0.717) is 37.4 Å². The molecule has 6 heteroatoms. The Labute approximate surface area is 158 Å². The van der Waals surface area contributed by atoms with Crippen molar-refractivity contribution in [3.05, 3.63) is 59.2 Å². The van der Waals surface area contributed by atoms with Gasteiger partial charge >= 0.3 is 0 Å². The van der Waals surface area contributed by atoms with Crippen molar-refractivity contribution in [1.29, 1.82) is 0 Å². The number of Topliss-reactive ketones (excluding diaryl/α,β-unsaturated/α-hetero) is 1. The first-order valence-corrected chi connectivity index (χ1v) is 9.20. The normalized spacial score (nSPS) is 14.3. The van der Waals surface area contributed by atoms with E-state index < -0.39 is 0 Å². The van der Waals surface area contributed by atoms with Gasteiger partial charge in [0, 0.05) is 50.4 Å². The summed E-state index contributed by atoms with van der Waals surface area (Å²) in [5, 5.41) is 0. The molecule has 1 amide bonds. The van der Waals surface area contributed by atoms with Crippen molar-refractivity contribution in [2.24, 2.45) is 0 Å². The Morgan fingerprint density at radius 1 is 1.04 bits per heavy atom. The molecule has 5 nitrogen and oxygen atoms in total. The van der Waals surface area contributed by atoms with Gasteiger partial charge in [-0.3, -0.25) is 14.6 Å². The van der Waals surface area contributed by atoms with Crippen molar-refractivity contribution in [3.8, 4) is 0 Å². The van der Waals surface area contributed by atoms with Gasteiger partial charge in [-0.1, -0.05) is 6.07 Å². The van der Waals surface area contributed by atoms with E-state index in [4.69, 9.17) is 0 Å². The summed E-state index contributed by atoms with van der Waals surface area (Å²) in [6.45, 7) is 6.19. The molecule has 3 rings (SSSR count). The van der Waals surface area contributed by atoms with Gasteiger partial charge in [0.2, 0.25) is 5.91 Å². The van der Waals surface area contributed by atoms with Crippen LogP contribution in [0, 0.1) is 19.7 Å². The van der Waals surface area contributed by atoms with Crippen LogP contribution in [0.15, 0.2) is 36.4 Å². The quantitative estimate of drug-likeness (QED) is 0.760. The van der Waals surface area contributed by atoms with Gasteiger partial charge in [0.05, 0.1) is 0 Å². The number of nitrogens with zero attached hydrogens (tertiary/aromatic N) is 3. The minimum atomic E-state index is -0.208. The number of aryl methyl sites for hydroxylation is 2. The molecule has 1 aliphatic rings. The summed E-state index contributed by atoms with van der Waals surface area (Å²) in [6.07, 6.45) is 0.372. The molecular formula is C21H24FN3O2. The molecule has 0 radical (unpaired) electrons. The van der Waals surface area contributed by atoms with Crippen LogP contribution >= 0.6 is 0 Å². The van der Waals surface area contributed by atoms with Crippen LogP contribution < -0.4 is 4.90 Å². The lowest BCUT2D eigenvalue weighted by atomic mass is 10.1. The Kier molecular flexibility index (Phi) is 5.84. The van der Waals surface area contributed by atoms with Gasteiger partial charge < -0.3 is 9.80 Å². The molecule has 2 heterocycles. The van der Waals surface area contributed by atoms with E-state index >= 15 is 0 Å². The second kappa shape index (κ2) is 8.29. The molecule has 1 fully saturated rings. The number of ketones is 1. The zero-order chi connectivity index (χ0) is 19.4. The summed E-state index contributed by atoms with van der Waals surface area (Å²) < 4.78 is 13.4. The Bertz CT molecular complexity index is 845. The number of benzene rings is 1. The second-order valence-electron chi connectivity index (χ2n) is 6.89. The van der Waals surface area contributed by atoms with E-state index in [1.807, 2.05) is 19.1 Å². The predicted molar refractivity (Wildman–Crippen MR) is 102 cm³/mol. The highest BCUT2D eigenvalue weighted by Gasteiger charge is 2.22. The van der Waals surface area contributed by atoms with E-state index in [-0.39, 0.29) is 30.3 Å². The van der Waals surface area contributed by atoms with Crippen molar-refractivity contribution in [1.82, 2.24) is 9.88 Å². The standard InChI is InChI=1S/C21H24FN3O2/c1-15-14-17(6-7-18(15)22)24-10-12-25(13-11-24)21(27)9-8-20(26)19-5-3-4-16(2)23-19/h3-7,14H,8-13H2,1-2H3. The van der Waals surface area contributed by atoms with Gasteiger partial charge in [-0.15, -0.1) is 0 Å². The second-order valence-corrected chi connectivity index (χ2v) is 6.89. The van der Waals surface area contributed by atoms with Crippen LogP contribution in [0.4, 0.5) is 10.1 Å². The smallest absolute Gasteiger partial charge is 0.223 e. The molecule has 0 unspecified atom stereocenters. The lowest BCUT2D eigenvalue weighted by Gasteiger charge is -2.36. The molecule has 0 spiro atoms. The number of hydrogen-bond donors (Lipinski definition) is 0. The molecule has 0 atom stereocenters. The summed E-state index contributed by atoms with van der Waals surface area (Å²) in [5.41, 5.74) is 2.80. The van der Waals surface area contributed by atoms with E-state index in [1.165, 1.54) is 6.07 Å². The molecule has 0 bridgehead atoms. The monoisotopic (exact) mass is 369 g/mol. The van der Waals surface area contributed by atoms with Crippen LogP contribution in [0.3, 0.4) is 0 Å². The predicted octanol–water partition coefficient (Wildman–Crippen LogP) is 3.15. The summed E-state index contributed by atoms with van der Waals surface area (Å²) >= 11 is 0. The number of carbonyl (C=O) groups is 2. The number of hydrogen-bond acceptors (Lipinski definition) is 4. The molecule has 0 N–H and O–H groups in total. The van der Waals surface area contributed by atoms with Crippen LogP contribution in [0.5, 0.6) is 0 Å². The van der Waals surface area contributed by atoms with Gasteiger partial charge in [0.15, 0.2) is 5.78 Å². The molecule has 1 aliphatic heterocycles. The minimum Gasteiger partial charge on any atom is -0.368 e. The van der Waals surface area contributed by atoms with Crippen molar-refractivity contribution in [3.63, 3.8) is 0 Å². The number of pyridine rings is 1. The largest absolute Gasteiger partial charge is 0.368 e. The Morgan fingerprint density at radius 3 is 2.44 bits per heavy atom. The average molecular weight is 369 g/mol. The maximum absolute atomic E-state index is 13.4. The molecule has 0 saturated carbocycles. The molecule has 142 valence electrons. The third kappa shape index (κ3) is 4.70. The maximum Gasteiger partial charge on any atom is 0.223 e. The number of halogens is 1. The highest BCUT2D eigenvalue weighted by atomic mass is 19.1. The first-order valence-electron chi connectivity index (χ1n) is 9.20. The summed E-state index contributed by atoms with van der Waals surface area (Å²) in [6, 6.07) is 10.4. The van der Waals surface area contributed by atoms with E-state index in [0.717, 1.165) is 11.4 Å². The van der Waals surface area contributed by atoms with Gasteiger partial charge in [-0.05, 0) is 49.7 Å². The topological polar surface area (TPSA) is 53.5 Å². The Balaban J connectivity index is 1.49. The highest BCUT2D eigenvalue weighted by molar-refractivity contribution is 5.96. The fourth-order valence-corrected chi connectivity index (χ4v) is 3.24. The molecule has 0 aliphatic carbocycles. The fourth-order valence-electron chi connectivity index (χ4n) is 3.24. The van der Waals surface area contributed by atoms with Gasteiger partial charge in [0.25, 0.3) is 0 Å². The SMILES string of the molecule is Cc1cccc(C(=O)CCC(=O)N2CCN(c3ccc(F)c(C)c3)CC2)n1. The number of rotatable bonds is 5. The minimum absolute atomic E-state index is 0.00839. The molecular weight excluding hydrogens is 345 g/mol. The molecule has 1 aromatic heterocycles. The van der Waals surface area contributed by atoms with Crippen LogP contribution in [0.25, 0.3) is 0 Å². The van der Waals surface area contributed by atoms with Crippen LogP contribution in [0.2, 0.25) is 0 Å². The van der Waals surface area contributed by atoms with Crippen LogP contribution in [-0.4, -0.2) is 47.8 Å². The zero-order valence-electron chi connectivity index (χ0n) is 15.7. The van der Waals surface area contributed by atoms with Gasteiger partial charge in [-0.25, -0.2) is 4.39 Å². The van der Waals surface area contributed by atoms with Crippen molar-refractivity contribution < 1.29 is 14.0 Å². The molecule has 1 aromatic carbocycles. The Hall–Kier alpha value is -2.76. The fraction of sp³-hybridized carbons (Fsp3) is 0.381. The van der Waals surface area contributed by atoms with Crippen LogP contribution in [-0.2, 0) is 4.79 Å². The number of anilines is 1. The summed E-state index contributed by atoms with van der Waals surface area (Å²) in [7, 11) is 0. The average Bonchev–Trinajstić information content (AvgIpc) is 2.68. The van der Waals surface area contributed by atoms with Crippen molar-refractivity contribution >= 4 is 17.4 Å². The Morgan fingerprint density at radius 2 is 1.78 bits per heavy atom. The lowest BCUT2D eigenvalue weighted by Crippen LogP contribution is -2.48. The van der Waals surface area contributed by atoms with E-state index in [2.05, 4.69) is 9.88 Å². The molecule has 27 heavy (non-hydrogen) atoms. The molecule has 1 saturated heterocycles. The van der Waals surface area contributed by atoms with E-state index in [1.54, 1.807) is 30.0 Å². The number of amides is 1. The number of carbonyl (C=O) groups excluding carboxylic acids is 2. The van der Waals surface area contributed by atoms with E-state index in [9.17, 15) is 14.0 Å². The number of aromatic nitrogens is 1. The number of piperazine rings is 1. The third-order valence-corrected chi connectivity index (χ3v) is 4.88. The first-order chi connectivity index (χ1) is 12.9. The summed E-state index contributed by atoms with van der Waals surface area (Å²) in [5.74, 6) is -0.321. The summed E-state index contributed by atoms with van der Waals surface area (Å²) in [4.78, 5) is 32.8. The maximum atomic E-state index is 13.4. The van der Waals surface area contributed by atoms with Gasteiger partial charge in [-0.2, -0.15) is 0 Å². The van der Waals surface area contributed by atoms with Gasteiger partial charge in [0.1, 0.15) is 11.5 Å². The van der Waals surface area contributed by atoms with Crippen LogP contribution in [0.1, 0.15) is 34.6 Å². The van der Waals surface area contributed by atoms with Crippen molar-refractivity contribution in [2.45, 2.75) is 26.7 Å². The first kappa shape index (κ1) is 19.0. The molecule has 2 aromatic rings. The lowest BCUT2D eigenvalue weighted by molar-refractivity contribution is -0.131. The van der Waals surface area contributed by atoms with Crippen molar-refractivity contribution in [2.75, 3.05) is 31.1 Å². The third-order valence-electron chi connectivity index (χ3n) is 4.88. The zero-order valence-corrected chi connectivity index (χ0v) is 15.7.